The first-order chi connectivity index (χ1) is 15.5. The Morgan fingerprint density at radius 2 is 1.75 bits per heavy atom. The van der Waals surface area contributed by atoms with Gasteiger partial charge < -0.3 is 9.47 Å². The van der Waals surface area contributed by atoms with Gasteiger partial charge in [-0.05, 0) is 53.6 Å². The molecule has 1 aliphatic rings. The van der Waals surface area contributed by atoms with E-state index in [1.807, 2.05) is 18.2 Å². The Hall–Kier alpha value is -3.29. The highest BCUT2D eigenvalue weighted by Gasteiger charge is 2.34. The second kappa shape index (κ2) is 9.46. The summed E-state index contributed by atoms with van der Waals surface area (Å²) in [6.07, 6.45) is 1.52. The van der Waals surface area contributed by atoms with Gasteiger partial charge in [0.05, 0.1) is 12.8 Å². The van der Waals surface area contributed by atoms with Gasteiger partial charge in [0.2, 0.25) is 0 Å². The number of nitrogens with zero attached hydrogens (tertiary/aromatic N) is 1. The van der Waals surface area contributed by atoms with Crippen LogP contribution < -0.4 is 19.9 Å². The normalized spacial score (nSPS) is 14.6. The van der Waals surface area contributed by atoms with E-state index in [2.05, 4.69) is 21.4 Å². The van der Waals surface area contributed by atoms with Gasteiger partial charge in [-0.15, -0.1) is 0 Å². The molecule has 3 aromatic rings. The van der Waals surface area contributed by atoms with Crippen molar-refractivity contribution in [2.45, 2.75) is 6.61 Å². The molecule has 2 amide bonds. The Morgan fingerprint density at radius 3 is 2.44 bits per heavy atom. The third kappa shape index (κ3) is 4.64. The first-order valence-electron chi connectivity index (χ1n) is 9.63. The molecule has 1 N–H and O–H groups in total. The predicted octanol–water partition coefficient (Wildman–Crippen LogP) is 5.15. The first-order valence-corrected chi connectivity index (χ1v) is 10.8. The van der Waals surface area contributed by atoms with Crippen LogP contribution >= 0.6 is 27.5 Å². The van der Waals surface area contributed by atoms with E-state index in [0.29, 0.717) is 38.9 Å². The molecule has 0 aromatic heterocycles. The fraction of sp³-hybridized carbons (Fsp3) is 0.0833. The van der Waals surface area contributed by atoms with E-state index < -0.39 is 11.8 Å². The van der Waals surface area contributed by atoms with Crippen molar-refractivity contribution < 1.29 is 19.1 Å². The molecule has 1 saturated heterocycles. The van der Waals surface area contributed by atoms with Gasteiger partial charge in [-0.3, -0.25) is 15.0 Å². The molecular weight excluding hydrogens is 496 g/mol. The van der Waals surface area contributed by atoms with Crippen LogP contribution in [0.3, 0.4) is 0 Å². The minimum absolute atomic E-state index is 0.0199. The Bertz CT molecular complexity index is 1200. The van der Waals surface area contributed by atoms with Crippen molar-refractivity contribution in [1.82, 2.24) is 5.43 Å². The summed E-state index contributed by atoms with van der Waals surface area (Å²) in [7, 11) is 1.53. The summed E-state index contributed by atoms with van der Waals surface area (Å²) >= 11 is 9.42. The third-order valence-corrected chi connectivity index (χ3v) is 5.73. The van der Waals surface area contributed by atoms with Crippen LogP contribution in [0.25, 0.3) is 6.08 Å². The topological polar surface area (TPSA) is 67.9 Å². The summed E-state index contributed by atoms with van der Waals surface area (Å²) in [4.78, 5) is 25.3. The lowest BCUT2D eigenvalue weighted by molar-refractivity contribution is -0.117. The number of carbonyl (C=O) groups excluding carboxylic acids is 2. The van der Waals surface area contributed by atoms with E-state index in [-0.39, 0.29) is 5.57 Å². The van der Waals surface area contributed by atoms with E-state index in [4.69, 9.17) is 21.1 Å². The van der Waals surface area contributed by atoms with E-state index in [1.165, 1.54) is 18.2 Å². The molecule has 0 unspecified atom stereocenters. The summed E-state index contributed by atoms with van der Waals surface area (Å²) in [5, 5.41) is 1.88. The lowest BCUT2D eigenvalue weighted by atomic mass is 10.1. The Balaban J connectivity index is 1.58. The zero-order valence-electron chi connectivity index (χ0n) is 17.0. The number of hydrogen-bond donors (Lipinski definition) is 1. The molecule has 0 aliphatic carbocycles. The highest BCUT2D eigenvalue weighted by molar-refractivity contribution is 9.10. The molecule has 0 saturated carbocycles. The van der Waals surface area contributed by atoms with Gasteiger partial charge in [0, 0.05) is 9.50 Å². The number of benzene rings is 3. The van der Waals surface area contributed by atoms with Crippen molar-refractivity contribution in [1.29, 1.82) is 0 Å². The number of methoxy groups -OCH3 is 1. The molecule has 0 radical (unpaired) electrons. The van der Waals surface area contributed by atoms with E-state index in [9.17, 15) is 9.59 Å². The number of ether oxygens (including phenoxy) is 2. The molecule has 0 spiro atoms. The van der Waals surface area contributed by atoms with E-state index >= 15 is 0 Å². The van der Waals surface area contributed by atoms with E-state index in [0.717, 1.165) is 5.56 Å². The summed E-state index contributed by atoms with van der Waals surface area (Å²) in [5.74, 6) is 0.0762. The Kier molecular flexibility index (Phi) is 6.48. The number of nitrogens with one attached hydrogen (secondary N) is 1. The zero-order chi connectivity index (χ0) is 22.7. The molecule has 0 atom stereocenters. The van der Waals surface area contributed by atoms with Gasteiger partial charge in [-0.25, -0.2) is 5.01 Å². The lowest BCUT2D eigenvalue weighted by Gasteiger charge is -2.14. The Morgan fingerprint density at radius 1 is 1.03 bits per heavy atom. The average Bonchev–Trinajstić information content (AvgIpc) is 3.09. The highest BCUT2D eigenvalue weighted by Crippen LogP contribution is 2.35. The average molecular weight is 514 g/mol. The number of halogens is 2. The van der Waals surface area contributed by atoms with Gasteiger partial charge in [-0.2, -0.15) is 0 Å². The molecule has 6 nitrogen and oxygen atoms in total. The largest absolute Gasteiger partial charge is 0.493 e. The van der Waals surface area contributed by atoms with Crippen molar-refractivity contribution in [3.8, 4) is 11.5 Å². The minimum atomic E-state index is -0.479. The first kappa shape index (κ1) is 21.9. The van der Waals surface area contributed by atoms with Crippen molar-refractivity contribution in [3.05, 3.63) is 92.9 Å². The van der Waals surface area contributed by atoms with Gasteiger partial charge in [0.1, 0.15) is 12.2 Å². The van der Waals surface area contributed by atoms with Crippen LogP contribution in [0, 0.1) is 0 Å². The van der Waals surface area contributed by atoms with Crippen LogP contribution in [0.5, 0.6) is 11.5 Å². The maximum atomic E-state index is 12.8. The van der Waals surface area contributed by atoms with Gasteiger partial charge in [-0.1, -0.05) is 57.9 Å². The number of amides is 2. The van der Waals surface area contributed by atoms with Crippen LogP contribution in [-0.4, -0.2) is 18.9 Å². The number of hydrogen-bond acceptors (Lipinski definition) is 4. The van der Waals surface area contributed by atoms with Crippen molar-refractivity contribution in [2.24, 2.45) is 0 Å². The second-order valence-corrected chi connectivity index (χ2v) is 8.21. The number of anilines is 1. The SMILES string of the molecule is COc1cc(/C=C2/C(=O)NN(c3ccccc3)C2=O)c(Br)cc1OCc1ccc(Cl)cc1. The van der Waals surface area contributed by atoms with Gasteiger partial charge in [0.25, 0.3) is 11.8 Å². The monoisotopic (exact) mass is 512 g/mol. The standard InChI is InChI=1S/C24H18BrClN2O4/c1-31-21-12-16(20(25)13-22(21)32-14-15-7-9-17(26)10-8-15)11-19-23(29)27-28(24(19)30)18-5-3-2-4-6-18/h2-13H,14H2,1H3,(H,27,29)/b19-11-. The molecule has 32 heavy (non-hydrogen) atoms. The quantitative estimate of drug-likeness (QED) is 0.366. The second-order valence-electron chi connectivity index (χ2n) is 6.91. The summed E-state index contributed by atoms with van der Waals surface area (Å²) in [5.41, 5.74) is 4.75. The zero-order valence-corrected chi connectivity index (χ0v) is 19.3. The summed E-state index contributed by atoms with van der Waals surface area (Å²) in [6, 6.07) is 19.7. The number of carbonyl (C=O) groups is 2. The van der Waals surface area contributed by atoms with Gasteiger partial charge in [0.15, 0.2) is 11.5 Å². The van der Waals surface area contributed by atoms with Crippen molar-refractivity contribution >= 4 is 51.1 Å². The number of rotatable bonds is 6. The molecule has 3 aromatic carbocycles. The van der Waals surface area contributed by atoms with Crippen LogP contribution in [0.4, 0.5) is 5.69 Å². The fourth-order valence-corrected chi connectivity index (χ4v) is 3.71. The summed E-state index contributed by atoms with van der Waals surface area (Å²) < 4.78 is 12.0. The van der Waals surface area contributed by atoms with Crippen molar-refractivity contribution in [2.75, 3.05) is 12.1 Å². The molecule has 1 aliphatic heterocycles. The van der Waals surface area contributed by atoms with Crippen LogP contribution in [-0.2, 0) is 16.2 Å². The molecular formula is C24H18BrClN2O4. The fourth-order valence-electron chi connectivity index (χ4n) is 3.15. The molecule has 1 fully saturated rings. The molecule has 162 valence electrons. The molecule has 4 rings (SSSR count). The summed E-state index contributed by atoms with van der Waals surface area (Å²) in [6.45, 7) is 0.327. The van der Waals surface area contributed by atoms with Crippen molar-refractivity contribution in [3.63, 3.8) is 0 Å². The predicted molar refractivity (Wildman–Crippen MR) is 127 cm³/mol. The van der Waals surface area contributed by atoms with Crippen LogP contribution in [0.15, 0.2) is 76.8 Å². The maximum absolute atomic E-state index is 12.8. The van der Waals surface area contributed by atoms with E-state index in [1.54, 1.807) is 48.5 Å². The number of hydrazine groups is 1. The maximum Gasteiger partial charge on any atom is 0.282 e. The third-order valence-electron chi connectivity index (χ3n) is 4.80. The van der Waals surface area contributed by atoms with Gasteiger partial charge >= 0.3 is 0 Å². The van der Waals surface area contributed by atoms with Crippen LogP contribution in [0.2, 0.25) is 5.02 Å². The smallest absolute Gasteiger partial charge is 0.282 e. The molecule has 0 bridgehead atoms. The highest BCUT2D eigenvalue weighted by atomic mass is 79.9. The van der Waals surface area contributed by atoms with Crippen LogP contribution in [0.1, 0.15) is 11.1 Å². The lowest BCUT2D eigenvalue weighted by Crippen LogP contribution is -2.35. The number of para-hydroxylation sites is 1. The molecule has 1 heterocycles. The Labute approximate surface area is 198 Å². The minimum Gasteiger partial charge on any atom is -0.493 e. The molecule has 8 heteroatoms.